The van der Waals surface area contributed by atoms with Crippen LogP contribution in [-0.4, -0.2) is 39.6 Å². The van der Waals surface area contributed by atoms with Crippen LogP contribution in [0.4, 0.5) is 5.69 Å². The zero-order valence-electron chi connectivity index (χ0n) is 16.3. The van der Waals surface area contributed by atoms with Gasteiger partial charge in [-0.05, 0) is 49.9 Å². The summed E-state index contributed by atoms with van der Waals surface area (Å²) >= 11 is 6.22. The third kappa shape index (κ3) is 4.12. The van der Waals surface area contributed by atoms with Crippen molar-refractivity contribution in [3.8, 4) is 0 Å². The zero-order valence-corrected chi connectivity index (χ0v) is 17.1. The van der Waals surface area contributed by atoms with Crippen LogP contribution in [0.1, 0.15) is 35.3 Å². The number of rotatable bonds is 4. The molecule has 29 heavy (non-hydrogen) atoms. The van der Waals surface area contributed by atoms with Gasteiger partial charge in [-0.1, -0.05) is 35.9 Å². The van der Waals surface area contributed by atoms with Gasteiger partial charge in [-0.25, -0.2) is 0 Å². The second kappa shape index (κ2) is 8.25. The Bertz CT molecular complexity index is 1070. The van der Waals surface area contributed by atoms with Crippen molar-refractivity contribution in [1.29, 1.82) is 0 Å². The third-order valence-electron chi connectivity index (χ3n) is 5.20. The van der Waals surface area contributed by atoms with Crippen LogP contribution < -0.4 is 5.32 Å². The zero-order chi connectivity index (χ0) is 20.4. The number of carbonyl (C=O) groups is 2. The van der Waals surface area contributed by atoms with Crippen LogP contribution in [0.3, 0.4) is 0 Å². The Morgan fingerprint density at radius 1 is 1.10 bits per heavy atom. The predicted molar refractivity (Wildman–Crippen MR) is 114 cm³/mol. The van der Waals surface area contributed by atoms with Gasteiger partial charge in [-0.2, -0.15) is 5.10 Å². The van der Waals surface area contributed by atoms with E-state index in [1.54, 1.807) is 16.8 Å². The molecule has 0 saturated carbocycles. The molecule has 4 rings (SSSR count). The van der Waals surface area contributed by atoms with Crippen LogP contribution in [0.15, 0.2) is 42.5 Å². The van der Waals surface area contributed by atoms with Gasteiger partial charge in [0.2, 0.25) is 5.91 Å². The summed E-state index contributed by atoms with van der Waals surface area (Å²) < 4.78 is 1.59. The third-order valence-corrected chi connectivity index (χ3v) is 5.51. The number of piperidine rings is 1. The number of aromatic nitrogens is 2. The second-order valence-corrected chi connectivity index (χ2v) is 7.81. The fraction of sp³-hybridized carbons (Fsp3) is 0.318. The predicted octanol–water partition coefficient (Wildman–Crippen LogP) is 4.26. The molecular weight excluding hydrogens is 388 g/mol. The molecule has 0 aliphatic carbocycles. The second-order valence-electron chi connectivity index (χ2n) is 7.41. The molecule has 2 amide bonds. The molecule has 0 atom stereocenters. The highest BCUT2D eigenvalue weighted by Crippen LogP contribution is 2.24. The molecule has 1 fully saturated rings. The minimum atomic E-state index is -0.249. The van der Waals surface area contributed by atoms with Crippen molar-refractivity contribution < 1.29 is 9.59 Å². The highest BCUT2D eigenvalue weighted by Gasteiger charge is 2.24. The van der Waals surface area contributed by atoms with Crippen LogP contribution in [0.2, 0.25) is 5.02 Å². The number of nitrogens with one attached hydrogen (secondary N) is 1. The molecule has 0 spiro atoms. The van der Waals surface area contributed by atoms with Gasteiger partial charge in [0.05, 0.1) is 16.2 Å². The number of para-hydroxylation sites is 1. The number of anilines is 1. The van der Waals surface area contributed by atoms with E-state index in [9.17, 15) is 9.59 Å². The SMILES string of the molecule is Cc1ccc(NC(=O)Cn2nc(C(=O)N3CCCCC3)c3ccccc32)c(Cl)c1. The molecule has 6 nitrogen and oxygen atoms in total. The minimum absolute atomic E-state index is 0.00199. The molecule has 1 aromatic heterocycles. The van der Waals surface area contributed by atoms with E-state index in [0.717, 1.165) is 48.8 Å². The molecule has 0 unspecified atom stereocenters. The van der Waals surface area contributed by atoms with Gasteiger partial charge in [0.25, 0.3) is 5.91 Å². The minimum Gasteiger partial charge on any atom is -0.337 e. The molecule has 1 N–H and O–H groups in total. The highest BCUT2D eigenvalue weighted by atomic mass is 35.5. The fourth-order valence-electron chi connectivity index (χ4n) is 3.70. The maximum absolute atomic E-state index is 13.0. The summed E-state index contributed by atoms with van der Waals surface area (Å²) in [5.74, 6) is -0.317. The molecular formula is C22H23ClN4O2. The van der Waals surface area contributed by atoms with Gasteiger partial charge < -0.3 is 10.2 Å². The summed E-state index contributed by atoms with van der Waals surface area (Å²) in [6.07, 6.45) is 3.19. The molecule has 7 heteroatoms. The van der Waals surface area contributed by atoms with Crippen LogP contribution in [0, 0.1) is 6.92 Å². The van der Waals surface area contributed by atoms with Gasteiger partial charge in [-0.3, -0.25) is 14.3 Å². The Balaban J connectivity index is 1.59. The summed E-state index contributed by atoms with van der Waals surface area (Å²) in [4.78, 5) is 27.5. The number of halogens is 1. The lowest BCUT2D eigenvalue weighted by atomic mass is 10.1. The Kier molecular flexibility index (Phi) is 5.53. The largest absolute Gasteiger partial charge is 0.337 e. The Labute approximate surface area is 174 Å². The molecule has 2 heterocycles. The lowest BCUT2D eigenvalue weighted by Gasteiger charge is -2.25. The van der Waals surface area contributed by atoms with E-state index < -0.39 is 0 Å². The van der Waals surface area contributed by atoms with Crippen molar-refractivity contribution >= 4 is 40.0 Å². The number of carbonyl (C=O) groups excluding carboxylic acids is 2. The Morgan fingerprint density at radius 3 is 2.62 bits per heavy atom. The molecule has 0 bridgehead atoms. The van der Waals surface area contributed by atoms with Crippen molar-refractivity contribution in [2.75, 3.05) is 18.4 Å². The standard InChI is InChI=1S/C22H23ClN4O2/c1-15-9-10-18(17(23)13-15)24-20(28)14-27-19-8-4-3-7-16(19)21(25-27)22(29)26-11-5-2-6-12-26/h3-4,7-10,13H,2,5-6,11-12,14H2,1H3,(H,24,28). The maximum Gasteiger partial charge on any atom is 0.275 e. The van der Waals surface area contributed by atoms with Crippen LogP contribution in [0.5, 0.6) is 0 Å². The van der Waals surface area contributed by atoms with Crippen LogP contribution in [0.25, 0.3) is 10.9 Å². The smallest absolute Gasteiger partial charge is 0.275 e. The van der Waals surface area contributed by atoms with Gasteiger partial charge in [-0.15, -0.1) is 0 Å². The first kappa shape index (κ1) is 19.5. The molecule has 1 aliphatic heterocycles. The van der Waals surface area contributed by atoms with Crippen molar-refractivity contribution in [1.82, 2.24) is 14.7 Å². The van der Waals surface area contributed by atoms with Crippen molar-refractivity contribution in [2.45, 2.75) is 32.7 Å². The molecule has 2 aromatic carbocycles. The van der Waals surface area contributed by atoms with Crippen molar-refractivity contribution in [2.24, 2.45) is 0 Å². The van der Waals surface area contributed by atoms with Gasteiger partial charge in [0, 0.05) is 18.5 Å². The Hall–Kier alpha value is -2.86. The number of fused-ring (bicyclic) bond motifs is 1. The molecule has 150 valence electrons. The number of amides is 2. The summed E-state index contributed by atoms with van der Waals surface area (Å²) in [6, 6.07) is 13.0. The number of nitrogens with zero attached hydrogens (tertiary/aromatic N) is 3. The number of hydrogen-bond acceptors (Lipinski definition) is 3. The van der Waals surface area contributed by atoms with E-state index in [2.05, 4.69) is 10.4 Å². The van der Waals surface area contributed by atoms with E-state index in [-0.39, 0.29) is 18.4 Å². The van der Waals surface area contributed by atoms with Crippen molar-refractivity contribution in [3.63, 3.8) is 0 Å². The number of aryl methyl sites for hydroxylation is 1. The monoisotopic (exact) mass is 410 g/mol. The lowest BCUT2D eigenvalue weighted by molar-refractivity contribution is -0.116. The normalized spacial score (nSPS) is 14.2. The number of benzene rings is 2. The van der Waals surface area contributed by atoms with E-state index in [0.29, 0.717) is 16.4 Å². The maximum atomic E-state index is 13.0. The van der Waals surface area contributed by atoms with Gasteiger partial charge in [0.15, 0.2) is 5.69 Å². The highest BCUT2D eigenvalue weighted by molar-refractivity contribution is 6.33. The van der Waals surface area contributed by atoms with E-state index in [1.807, 2.05) is 42.2 Å². The van der Waals surface area contributed by atoms with Crippen molar-refractivity contribution in [3.05, 3.63) is 58.7 Å². The first-order chi connectivity index (χ1) is 14.0. The summed E-state index contributed by atoms with van der Waals surface area (Å²) in [7, 11) is 0. The molecule has 1 aliphatic rings. The van der Waals surface area contributed by atoms with E-state index in [4.69, 9.17) is 11.6 Å². The molecule has 3 aromatic rings. The quantitative estimate of drug-likeness (QED) is 0.698. The molecule has 1 saturated heterocycles. The van der Waals surface area contributed by atoms with Crippen LogP contribution >= 0.6 is 11.6 Å². The summed E-state index contributed by atoms with van der Waals surface area (Å²) in [6.45, 7) is 3.45. The van der Waals surface area contributed by atoms with Crippen LogP contribution in [-0.2, 0) is 11.3 Å². The first-order valence-corrected chi connectivity index (χ1v) is 10.2. The fourth-order valence-corrected chi connectivity index (χ4v) is 3.98. The Morgan fingerprint density at radius 2 is 1.86 bits per heavy atom. The summed E-state index contributed by atoms with van der Waals surface area (Å²) in [5.41, 5.74) is 2.75. The van der Waals surface area contributed by atoms with E-state index >= 15 is 0 Å². The molecule has 0 radical (unpaired) electrons. The van der Waals surface area contributed by atoms with Gasteiger partial charge in [0.1, 0.15) is 6.54 Å². The topological polar surface area (TPSA) is 67.2 Å². The average Bonchev–Trinajstić information content (AvgIpc) is 3.09. The summed E-state index contributed by atoms with van der Waals surface area (Å²) in [5, 5.41) is 8.60. The average molecular weight is 411 g/mol. The lowest BCUT2D eigenvalue weighted by Crippen LogP contribution is -2.36. The number of hydrogen-bond donors (Lipinski definition) is 1. The van der Waals surface area contributed by atoms with E-state index in [1.165, 1.54) is 0 Å². The first-order valence-electron chi connectivity index (χ1n) is 9.84. The number of likely N-dealkylation sites (tertiary alicyclic amines) is 1. The van der Waals surface area contributed by atoms with Gasteiger partial charge >= 0.3 is 0 Å².